The van der Waals surface area contributed by atoms with Crippen molar-refractivity contribution in [1.82, 2.24) is 0 Å². The lowest BCUT2D eigenvalue weighted by Gasteiger charge is -2.22. The van der Waals surface area contributed by atoms with Crippen LogP contribution in [0.3, 0.4) is 0 Å². The lowest BCUT2D eigenvalue weighted by atomic mass is 10.0. The smallest absolute Gasteiger partial charge is 0.255 e. The molecule has 0 saturated carbocycles. The molecule has 47 heavy (non-hydrogen) atoms. The molecule has 0 aliphatic rings. The van der Waals surface area contributed by atoms with E-state index in [1.165, 1.54) is 24.3 Å². The van der Waals surface area contributed by atoms with E-state index in [1.54, 1.807) is 38.1 Å². The van der Waals surface area contributed by atoms with Crippen LogP contribution in [0.15, 0.2) is 95.9 Å². The summed E-state index contributed by atoms with van der Waals surface area (Å²) in [5, 5.41) is 14.4. The van der Waals surface area contributed by atoms with Crippen molar-refractivity contribution >= 4 is 44.6 Å². The zero-order valence-corrected chi connectivity index (χ0v) is 28.6. The van der Waals surface area contributed by atoms with Crippen LogP contribution in [0.5, 0.6) is 11.5 Å². The Morgan fingerprint density at radius 3 is 2.11 bits per heavy atom. The predicted molar refractivity (Wildman–Crippen MR) is 188 cm³/mol. The maximum Gasteiger partial charge on any atom is 0.255 e. The lowest BCUT2D eigenvalue weighted by Crippen LogP contribution is -2.39. The van der Waals surface area contributed by atoms with Gasteiger partial charge in [-0.2, -0.15) is 0 Å². The van der Waals surface area contributed by atoms with Crippen molar-refractivity contribution in [2.24, 2.45) is 11.8 Å². The number of rotatable bonds is 14. The SMILES string of the molecule is CCCCC(C)COc1ccc(S(=O)(=O)C(C(=O)Nc2cc(O)c(NC(=O)c3ccc(-c4ccccc4)cc3)cc2Cl)C(C)C)cc1. The molecule has 8 nitrogen and oxygen atoms in total. The van der Waals surface area contributed by atoms with Gasteiger partial charge in [-0.15, -0.1) is 0 Å². The first kappa shape index (κ1) is 35.5. The van der Waals surface area contributed by atoms with Gasteiger partial charge in [0.05, 0.1) is 27.9 Å². The molecule has 0 fully saturated rings. The van der Waals surface area contributed by atoms with Crippen LogP contribution in [-0.2, 0) is 14.6 Å². The van der Waals surface area contributed by atoms with Gasteiger partial charge >= 0.3 is 0 Å². The number of hydrogen-bond donors (Lipinski definition) is 3. The number of benzene rings is 4. The standard InChI is InChI=1S/C37H41ClN2O6S/c1-5-6-10-25(4)23-46-29-17-19-30(20-18-29)47(44,45)35(24(2)3)37(43)39-32-22-34(41)33(21-31(32)38)40-36(42)28-15-13-27(14-16-28)26-11-8-7-9-12-26/h7-9,11-22,24-25,35,41H,5-6,10,23H2,1-4H3,(H,39,43)(H,40,42). The third-order valence-electron chi connectivity index (χ3n) is 7.78. The third-order valence-corrected chi connectivity index (χ3v) is 10.5. The average molecular weight is 677 g/mol. The number of ether oxygens (including phenoxy) is 1. The monoisotopic (exact) mass is 676 g/mol. The molecule has 0 spiro atoms. The summed E-state index contributed by atoms with van der Waals surface area (Å²) in [6.45, 7) is 8.06. The highest BCUT2D eigenvalue weighted by Crippen LogP contribution is 2.35. The zero-order valence-electron chi connectivity index (χ0n) is 27.0. The van der Waals surface area contributed by atoms with Crippen LogP contribution in [0, 0.1) is 11.8 Å². The molecule has 10 heteroatoms. The summed E-state index contributed by atoms with van der Waals surface area (Å²) in [5.41, 5.74) is 2.36. The number of carbonyl (C=O) groups is 2. The topological polar surface area (TPSA) is 122 Å². The van der Waals surface area contributed by atoms with Crippen LogP contribution in [0.25, 0.3) is 11.1 Å². The number of amides is 2. The van der Waals surface area contributed by atoms with Crippen molar-refractivity contribution in [2.45, 2.75) is 57.1 Å². The number of phenols is 1. The molecule has 3 N–H and O–H groups in total. The number of sulfone groups is 1. The number of nitrogens with one attached hydrogen (secondary N) is 2. The summed E-state index contributed by atoms with van der Waals surface area (Å²) in [6, 6.07) is 25.3. The van der Waals surface area contributed by atoms with Crippen molar-refractivity contribution in [3.8, 4) is 22.6 Å². The van der Waals surface area contributed by atoms with Crippen LogP contribution in [-0.4, -0.2) is 37.2 Å². The van der Waals surface area contributed by atoms with E-state index in [0.29, 0.717) is 23.8 Å². The molecule has 2 atom stereocenters. The Kier molecular flexibility index (Phi) is 12.1. The first-order valence-electron chi connectivity index (χ1n) is 15.7. The van der Waals surface area contributed by atoms with Crippen molar-refractivity contribution < 1.29 is 27.9 Å². The average Bonchev–Trinajstić information content (AvgIpc) is 3.05. The van der Waals surface area contributed by atoms with Gasteiger partial charge in [0, 0.05) is 11.6 Å². The fraction of sp³-hybridized carbons (Fsp3) is 0.297. The molecule has 4 aromatic rings. The minimum Gasteiger partial charge on any atom is -0.506 e. The molecule has 0 bridgehead atoms. The highest BCUT2D eigenvalue weighted by molar-refractivity contribution is 7.92. The quantitative estimate of drug-likeness (QED) is 0.115. The fourth-order valence-electron chi connectivity index (χ4n) is 5.15. The number of anilines is 2. The van der Waals surface area contributed by atoms with Crippen molar-refractivity contribution in [1.29, 1.82) is 0 Å². The summed E-state index contributed by atoms with van der Waals surface area (Å²) in [5.74, 6) is -1.29. The number of hydrogen-bond acceptors (Lipinski definition) is 6. The minimum atomic E-state index is -4.11. The van der Waals surface area contributed by atoms with Crippen LogP contribution in [0.1, 0.15) is 57.3 Å². The Balaban J connectivity index is 1.44. The highest BCUT2D eigenvalue weighted by atomic mass is 35.5. The predicted octanol–water partition coefficient (Wildman–Crippen LogP) is 8.61. The Morgan fingerprint density at radius 1 is 0.851 bits per heavy atom. The van der Waals surface area contributed by atoms with Gasteiger partial charge in [-0.1, -0.05) is 94.6 Å². The van der Waals surface area contributed by atoms with E-state index in [2.05, 4.69) is 24.5 Å². The second kappa shape index (κ2) is 16.0. The Morgan fingerprint density at radius 2 is 1.49 bits per heavy atom. The molecule has 4 rings (SSSR count). The molecule has 0 heterocycles. The second-order valence-corrected chi connectivity index (χ2v) is 14.5. The van der Waals surface area contributed by atoms with Gasteiger partial charge in [-0.3, -0.25) is 9.59 Å². The van der Waals surface area contributed by atoms with Gasteiger partial charge in [-0.25, -0.2) is 8.42 Å². The molecule has 248 valence electrons. The molecule has 2 amide bonds. The summed E-state index contributed by atoms with van der Waals surface area (Å²) < 4.78 is 33.1. The molecular formula is C37H41ClN2O6S. The summed E-state index contributed by atoms with van der Waals surface area (Å²) in [6.07, 6.45) is 3.29. The molecule has 0 aromatic heterocycles. The summed E-state index contributed by atoms with van der Waals surface area (Å²) in [4.78, 5) is 26.3. The summed E-state index contributed by atoms with van der Waals surface area (Å²) >= 11 is 6.44. The van der Waals surface area contributed by atoms with Gasteiger partial charge in [0.15, 0.2) is 9.84 Å². The van der Waals surface area contributed by atoms with Gasteiger partial charge < -0.3 is 20.5 Å². The lowest BCUT2D eigenvalue weighted by molar-refractivity contribution is -0.116. The number of halogens is 1. The maximum atomic E-state index is 13.6. The van der Waals surface area contributed by atoms with Gasteiger partial charge in [0.1, 0.15) is 16.7 Å². The van der Waals surface area contributed by atoms with Crippen molar-refractivity contribution in [2.75, 3.05) is 17.2 Å². The first-order valence-corrected chi connectivity index (χ1v) is 17.6. The number of aromatic hydroxyl groups is 1. The normalized spacial score (nSPS) is 12.7. The van der Waals surface area contributed by atoms with Crippen LogP contribution in [0.4, 0.5) is 11.4 Å². The molecule has 2 unspecified atom stereocenters. The van der Waals surface area contributed by atoms with Crippen molar-refractivity contribution in [3.05, 3.63) is 102 Å². The first-order chi connectivity index (χ1) is 22.4. The van der Waals surface area contributed by atoms with E-state index >= 15 is 0 Å². The molecule has 0 radical (unpaired) electrons. The largest absolute Gasteiger partial charge is 0.506 e. The van der Waals surface area contributed by atoms with Crippen molar-refractivity contribution in [3.63, 3.8) is 0 Å². The molecule has 4 aromatic carbocycles. The van der Waals surface area contributed by atoms with Gasteiger partial charge in [-0.05, 0) is 71.8 Å². The minimum absolute atomic E-state index is 0.000413. The fourth-order valence-corrected chi connectivity index (χ4v) is 7.23. The molecule has 0 saturated heterocycles. The second-order valence-electron chi connectivity index (χ2n) is 12.0. The third kappa shape index (κ3) is 9.14. The van der Waals surface area contributed by atoms with Gasteiger partial charge in [0.2, 0.25) is 5.91 Å². The van der Waals surface area contributed by atoms with Crippen LogP contribution >= 0.6 is 11.6 Å². The van der Waals surface area contributed by atoms with E-state index in [0.717, 1.165) is 30.4 Å². The van der Waals surface area contributed by atoms with E-state index in [4.69, 9.17) is 16.3 Å². The number of phenolic OH excluding ortho intramolecular Hbond substituents is 1. The summed E-state index contributed by atoms with van der Waals surface area (Å²) in [7, 11) is -4.11. The van der Waals surface area contributed by atoms with Gasteiger partial charge in [0.25, 0.3) is 5.91 Å². The Hall–Kier alpha value is -4.34. The Labute approximate surface area is 282 Å². The van der Waals surface area contributed by atoms with E-state index in [9.17, 15) is 23.1 Å². The molecule has 0 aliphatic carbocycles. The zero-order chi connectivity index (χ0) is 34.1. The Bertz CT molecular complexity index is 1780. The maximum absolute atomic E-state index is 13.6. The number of carbonyl (C=O) groups excluding carboxylic acids is 2. The van der Waals surface area contributed by atoms with E-state index < -0.39 is 32.8 Å². The highest BCUT2D eigenvalue weighted by Gasteiger charge is 2.37. The molecule has 0 aliphatic heterocycles. The van der Waals surface area contributed by atoms with E-state index in [1.807, 2.05) is 42.5 Å². The van der Waals surface area contributed by atoms with E-state index in [-0.39, 0.29) is 27.0 Å². The number of unbranched alkanes of at least 4 members (excludes halogenated alkanes) is 1. The van der Waals surface area contributed by atoms with Crippen LogP contribution in [0.2, 0.25) is 5.02 Å². The van der Waals surface area contributed by atoms with Crippen LogP contribution < -0.4 is 15.4 Å². The molecular weight excluding hydrogens is 636 g/mol.